The van der Waals surface area contributed by atoms with Crippen LogP contribution in [-0.4, -0.2) is 23.4 Å². The van der Waals surface area contributed by atoms with Gasteiger partial charge in [0, 0.05) is 10.9 Å². The molecule has 1 atom stereocenters. The maximum Gasteiger partial charge on any atom is 0.300 e. The summed E-state index contributed by atoms with van der Waals surface area (Å²) in [7, 11) is 0. The molecule has 1 aliphatic rings. The van der Waals surface area contributed by atoms with Crippen molar-refractivity contribution in [3.8, 4) is 5.75 Å². The van der Waals surface area contributed by atoms with Crippen LogP contribution >= 0.6 is 0 Å². The number of aliphatic hydroxyl groups excluding tert-OH is 1. The van der Waals surface area contributed by atoms with Crippen LogP contribution in [0, 0.1) is 6.92 Å². The van der Waals surface area contributed by atoms with Gasteiger partial charge in [0.1, 0.15) is 11.5 Å². The fourth-order valence-electron chi connectivity index (χ4n) is 5.31. The first-order valence-corrected chi connectivity index (χ1v) is 13.7. The summed E-state index contributed by atoms with van der Waals surface area (Å²) in [6.07, 6.45) is 0.882. The Bertz CT molecular complexity index is 1620. The van der Waals surface area contributed by atoms with Gasteiger partial charge < -0.3 is 9.84 Å². The molecule has 1 amide bonds. The highest BCUT2D eigenvalue weighted by molar-refractivity contribution is 6.52. The van der Waals surface area contributed by atoms with Gasteiger partial charge >= 0.3 is 0 Å². The zero-order chi connectivity index (χ0) is 28.6. The molecule has 5 nitrogen and oxygen atoms in total. The van der Waals surface area contributed by atoms with Gasteiger partial charge in [-0.1, -0.05) is 88.4 Å². The Kier molecular flexibility index (Phi) is 7.24. The van der Waals surface area contributed by atoms with Crippen LogP contribution in [0.1, 0.15) is 62.4 Å². The summed E-state index contributed by atoms with van der Waals surface area (Å²) >= 11 is 0. The minimum Gasteiger partial charge on any atom is -0.507 e. The minimum absolute atomic E-state index is 0.0604. The van der Waals surface area contributed by atoms with Crippen molar-refractivity contribution in [2.24, 2.45) is 0 Å². The van der Waals surface area contributed by atoms with Crippen LogP contribution in [0.5, 0.6) is 5.75 Å². The molecule has 0 aromatic heterocycles. The van der Waals surface area contributed by atoms with E-state index in [1.54, 1.807) is 18.2 Å². The molecule has 4 aromatic carbocycles. The van der Waals surface area contributed by atoms with Crippen LogP contribution in [0.25, 0.3) is 16.5 Å². The van der Waals surface area contributed by atoms with Crippen LogP contribution in [0.4, 0.5) is 5.69 Å². The highest BCUT2D eigenvalue weighted by Gasteiger charge is 2.47. The largest absolute Gasteiger partial charge is 0.507 e. The van der Waals surface area contributed by atoms with E-state index in [1.807, 2.05) is 80.6 Å². The van der Waals surface area contributed by atoms with Crippen LogP contribution in [0.15, 0.2) is 90.5 Å². The third kappa shape index (κ3) is 4.88. The van der Waals surface area contributed by atoms with E-state index in [4.69, 9.17) is 4.74 Å². The van der Waals surface area contributed by atoms with E-state index in [-0.39, 0.29) is 16.7 Å². The molecular formula is C35H35NO4. The fourth-order valence-corrected chi connectivity index (χ4v) is 5.31. The van der Waals surface area contributed by atoms with Gasteiger partial charge in [-0.25, -0.2) is 0 Å². The molecule has 4 aromatic rings. The number of hydrogen-bond acceptors (Lipinski definition) is 4. The quantitative estimate of drug-likeness (QED) is 0.156. The number of benzene rings is 4. The van der Waals surface area contributed by atoms with Gasteiger partial charge in [-0.3, -0.25) is 14.5 Å². The van der Waals surface area contributed by atoms with Gasteiger partial charge in [0.05, 0.1) is 23.9 Å². The van der Waals surface area contributed by atoms with Crippen LogP contribution in [-0.2, 0) is 15.0 Å². The van der Waals surface area contributed by atoms with Crippen molar-refractivity contribution >= 4 is 33.9 Å². The van der Waals surface area contributed by atoms with Crippen LogP contribution in [0.3, 0.4) is 0 Å². The molecule has 1 fully saturated rings. The zero-order valence-electron chi connectivity index (χ0n) is 23.7. The molecule has 1 unspecified atom stereocenters. The van der Waals surface area contributed by atoms with Gasteiger partial charge in [0.25, 0.3) is 11.7 Å². The van der Waals surface area contributed by atoms with E-state index in [1.165, 1.54) is 4.90 Å². The summed E-state index contributed by atoms with van der Waals surface area (Å²) < 4.78 is 5.80. The number of aryl methyl sites for hydroxylation is 1. The number of rotatable bonds is 6. The number of fused-ring (bicyclic) bond motifs is 1. The Hall–Kier alpha value is -4.38. The smallest absolute Gasteiger partial charge is 0.300 e. The van der Waals surface area contributed by atoms with Crippen molar-refractivity contribution < 1.29 is 19.4 Å². The molecule has 0 radical (unpaired) electrons. The van der Waals surface area contributed by atoms with E-state index in [9.17, 15) is 14.7 Å². The summed E-state index contributed by atoms with van der Waals surface area (Å²) in [6, 6.07) is 26.0. The van der Waals surface area contributed by atoms with Gasteiger partial charge in [-0.2, -0.15) is 0 Å². The number of carbonyl (C=O) groups is 2. The number of ether oxygens (including phenoxy) is 1. The number of amides is 1. The Balaban J connectivity index is 1.71. The number of carbonyl (C=O) groups excluding carboxylic acids is 2. The number of Topliss-reactive ketones (excluding diaryl/α,β-unsaturated/α-hetero) is 1. The highest BCUT2D eigenvalue weighted by Crippen LogP contribution is 2.44. The van der Waals surface area contributed by atoms with E-state index in [0.29, 0.717) is 17.9 Å². The molecule has 1 aliphatic heterocycles. The monoisotopic (exact) mass is 533 g/mol. The molecule has 0 spiro atoms. The molecule has 0 bridgehead atoms. The second-order valence-electron chi connectivity index (χ2n) is 11.4. The van der Waals surface area contributed by atoms with Crippen molar-refractivity contribution in [3.63, 3.8) is 0 Å². The van der Waals surface area contributed by atoms with Gasteiger partial charge in [0.2, 0.25) is 0 Å². The van der Waals surface area contributed by atoms with E-state index < -0.39 is 17.7 Å². The number of aliphatic hydroxyl groups is 1. The van der Waals surface area contributed by atoms with E-state index in [0.717, 1.165) is 39.6 Å². The maximum absolute atomic E-state index is 13.8. The Morgan fingerprint density at radius 3 is 2.30 bits per heavy atom. The lowest BCUT2D eigenvalue weighted by Gasteiger charge is -2.27. The predicted octanol–water partition coefficient (Wildman–Crippen LogP) is 7.86. The summed E-state index contributed by atoms with van der Waals surface area (Å²) in [5.74, 6) is -0.846. The summed E-state index contributed by atoms with van der Waals surface area (Å²) in [4.78, 5) is 29.0. The lowest BCUT2D eigenvalue weighted by atomic mass is 9.85. The lowest BCUT2D eigenvalue weighted by molar-refractivity contribution is -0.132. The molecule has 0 aliphatic carbocycles. The molecule has 204 valence electrons. The highest BCUT2D eigenvalue weighted by atomic mass is 16.5. The normalized spacial score (nSPS) is 17.0. The molecule has 5 rings (SSSR count). The van der Waals surface area contributed by atoms with E-state index >= 15 is 0 Å². The van der Waals surface area contributed by atoms with Gasteiger partial charge in [-0.05, 0) is 65.1 Å². The van der Waals surface area contributed by atoms with Crippen LogP contribution < -0.4 is 9.64 Å². The predicted molar refractivity (Wildman–Crippen MR) is 161 cm³/mol. The molecular weight excluding hydrogens is 498 g/mol. The molecule has 5 heteroatoms. The first-order valence-electron chi connectivity index (χ1n) is 13.7. The SMILES string of the molecule is CCCOc1ccc(/C(O)=C2\C(=O)C(=O)N(c3cccc4ccccc34)C2c2ccc(C(C)(C)C)cc2)cc1C. The first-order chi connectivity index (χ1) is 19.1. The second-order valence-corrected chi connectivity index (χ2v) is 11.4. The Morgan fingerprint density at radius 2 is 1.62 bits per heavy atom. The summed E-state index contributed by atoms with van der Waals surface area (Å²) in [5.41, 5.74) is 3.83. The van der Waals surface area contributed by atoms with E-state index in [2.05, 4.69) is 20.8 Å². The third-order valence-electron chi connectivity index (χ3n) is 7.47. The number of nitrogens with zero attached hydrogens (tertiary/aromatic N) is 1. The molecule has 1 heterocycles. The number of ketones is 1. The average Bonchev–Trinajstić information content (AvgIpc) is 3.21. The molecule has 40 heavy (non-hydrogen) atoms. The van der Waals surface area contributed by atoms with Gasteiger partial charge in [0.15, 0.2) is 0 Å². The standard InChI is InChI=1S/C35H35NO4/c1-6-20-40-29-19-16-25(21-22(29)2)32(37)30-31(24-14-17-26(18-15-24)35(3,4)5)36(34(39)33(30)38)28-13-9-11-23-10-7-8-12-27(23)28/h7-19,21,31,37H,6,20H2,1-5H3/b32-30+. The minimum atomic E-state index is -0.795. The van der Waals surface area contributed by atoms with Crippen molar-refractivity contribution in [1.29, 1.82) is 0 Å². The van der Waals surface area contributed by atoms with Crippen molar-refractivity contribution in [1.82, 2.24) is 0 Å². The third-order valence-corrected chi connectivity index (χ3v) is 7.47. The molecule has 0 saturated carbocycles. The Labute approximate surface area is 235 Å². The second kappa shape index (κ2) is 10.6. The fraction of sp³-hybridized carbons (Fsp3) is 0.257. The summed E-state index contributed by atoms with van der Waals surface area (Å²) in [6.45, 7) is 11.0. The summed E-state index contributed by atoms with van der Waals surface area (Å²) in [5, 5.41) is 13.5. The Morgan fingerprint density at radius 1 is 0.925 bits per heavy atom. The lowest BCUT2D eigenvalue weighted by Crippen LogP contribution is -2.29. The van der Waals surface area contributed by atoms with Crippen molar-refractivity contribution in [3.05, 3.63) is 113 Å². The average molecular weight is 534 g/mol. The van der Waals surface area contributed by atoms with Gasteiger partial charge in [-0.15, -0.1) is 0 Å². The maximum atomic E-state index is 13.8. The van der Waals surface area contributed by atoms with Crippen molar-refractivity contribution in [2.75, 3.05) is 11.5 Å². The number of anilines is 1. The zero-order valence-corrected chi connectivity index (χ0v) is 23.7. The number of hydrogen-bond donors (Lipinski definition) is 1. The topological polar surface area (TPSA) is 66.8 Å². The van der Waals surface area contributed by atoms with Crippen LogP contribution in [0.2, 0.25) is 0 Å². The van der Waals surface area contributed by atoms with Crippen molar-refractivity contribution in [2.45, 2.75) is 52.5 Å². The first kappa shape index (κ1) is 27.2. The molecule has 1 N–H and O–H groups in total. The molecule has 1 saturated heterocycles.